The minimum atomic E-state index is -0.123. The molecule has 26 heavy (non-hydrogen) atoms. The lowest BCUT2D eigenvalue weighted by atomic mass is 9.71. The number of amides is 3. The highest BCUT2D eigenvalue weighted by Gasteiger charge is 2.57. The first kappa shape index (κ1) is 18.7. The van der Waals surface area contributed by atoms with Crippen LogP contribution in [-0.4, -0.2) is 61.5 Å². The van der Waals surface area contributed by atoms with Crippen LogP contribution in [0.25, 0.3) is 0 Å². The van der Waals surface area contributed by atoms with E-state index in [-0.39, 0.29) is 23.3 Å². The Morgan fingerprint density at radius 2 is 1.88 bits per heavy atom. The number of nitrogens with one attached hydrogen (secondary N) is 2. The van der Waals surface area contributed by atoms with Gasteiger partial charge in [0.05, 0.1) is 5.92 Å². The van der Waals surface area contributed by atoms with Crippen molar-refractivity contribution in [1.29, 1.82) is 0 Å². The van der Waals surface area contributed by atoms with Crippen molar-refractivity contribution in [3.05, 3.63) is 35.9 Å². The Labute approximate surface area is 155 Å². The van der Waals surface area contributed by atoms with Gasteiger partial charge in [-0.15, -0.1) is 0 Å². The monoisotopic (exact) mass is 358 g/mol. The highest BCUT2D eigenvalue weighted by molar-refractivity contribution is 5.82. The van der Waals surface area contributed by atoms with Crippen molar-refractivity contribution in [2.24, 2.45) is 17.3 Å². The predicted octanol–water partition coefficient (Wildman–Crippen LogP) is 1.53. The number of hydrogen-bond acceptors (Lipinski definition) is 3. The zero-order valence-electron chi connectivity index (χ0n) is 16.0. The summed E-state index contributed by atoms with van der Waals surface area (Å²) in [5.41, 5.74) is 1.14. The van der Waals surface area contributed by atoms with Crippen LogP contribution in [0.5, 0.6) is 0 Å². The molecule has 2 N–H and O–H groups in total. The molecule has 0 aromatic heterocycles. The third-order valence-corrected chi connectivity index (χ3v) is 5.48. The molecular formula is C20H30N4O2. The van der Waals surface area contributed by atoms with Crippen LogP contribution < -0.4 is 10.6 Å². The number of rotatable bonds is 5. The summed E-state index contributed by atoms with van der Waals surface area (Å²) in [5.74, 6) is 0.497. The topological polar surface area (TPSA) is 64.7 Å². The van der Waals surface area contributed by atoms with E-state index in [2.05, 4.69) is 41.5 Å². The molecule has 1 spiro atoms. The van der Waals surface area contributed by atoms with Gasteiger partial charge in [-0.05, 0) is 11.5 Å². The molecule has 3 amide bonds. The molecule has 1 aromatic rings. The van der Waals surface area contributed by atoms with Gasteiger partial charge >= 0.3 is 6.03 Å². The largest absolute Gasteiger partial charge is 0.356 e. The van der Waals surface area contributed by atoms with Gasteiger partial charge < -0.3 is 15.5 Å². The molecule has 2 heterocycles. The Kier molecular flexibility index (Phi) is 5.51. The van der Waals surface area contributed by atoms with Crippen LogP contribution in [0.4, 0.5) is 4.79 Å². The summed E-state index contributed by atoms with van der Waals surface area (Å²) in [6, 6.07) is 10.3. The van der Waals surface area contributed by atoms with Gasteiger partial charge in [0.2, 0.25) is 5.91 Å². The standard InChI is InChI=1S/C20H30N4O2/c1-15(2)9-22-18(25)17-11-23(10-16-7-5-4-6-8-16)12-20(17)13-24(14-20)19(26)21-3/h4-8,15,17H,9-14H2,1-3H3,(H,21,26)(H,22,25). The predicted molar refractivity (Wildman–Crippen MR) is 102 cm³/mol. The highest BCUT2D eigenvalue weighted by atomic mass is 16.2. The van der Waals surface area contributed by atoms with E-state index in [0.29, 0.717) is 25.6 Å². The van der Waals surface area contributed by atoms with Crippen LogP contribution >= 0.6 is 0 Å². The van der Waals surface area contributed by atoms with Gasteiger partial charge in [-0.25, -0.2) is 4.79 Å². The molecule has 0 radical (unpaired) electrons. The molecule has 1 aromatic carbocycles. The van der Waals surface area contributed by atoms with E-state index < -0.39 is 0 Å². The summed E-state index contributed by atoms with van der Waals surface area (Å²) in [6.45, 7) is 8.65. The van der Waals surface area contributed by atoms with Crippen LogP contribution in [0.3, 0.4) is 0 Å². The molecule has 2 fully saturated rings. The molecule has 6 nitrogen and oxygen atoms in total. The van der Waals surface area contributed by atoms with Gasteiger partial charge in [0.25, 0.3) is 0 Å². The molecule has 0 saturated carbocycles. The molecule has 6 heteroatoms. The maximum Gasteiger partial charge on any atom is 0.317 e. The van der Waals surface area contributed by atoms with Crippen molar-refractivity contribution in [3.63, 3.8) is 0 Å². The van der Waals surface area contributed by atoms with Crippen molar-refractivity contribution < 1.29 is 9.59 Å². The first-order chi connectivity index (χ1) is 12.4. The third-order valence-electron chi connectivity index (χ3n) is 5.48. The lowest BCUT2D eigenvalue weighted by Crippen LogP contribution is -2.65. The molecule has 2 saturated heterocycles. The summed E-state index contributed by atoms with van der Waals surface area (Å²) >= 11 is 0. The fourth-order valence-electron chi connectivity index (χ4n) is 4.16. The van der Waals surface area contributed by atoms with Crippen molar-refractivity contribution in [2.45, 2.75) is 20.4 Å². The first-order valence-corrected chi connectivity index (χ1v) is 9.44. The number of urea groups is 1. The van der Waals surface area contributed by atoms with Crippen molar-refractivity contribution >= 4 is 11.9 Å². The van der Waals surface area contributed by atoms with E-state index in [1.807, 2.05) is 18.2 Å². The Balaban J connectivity index is 1.69. The van der Waals surface area contributed by atoms with E-state index in [4.69, 9.17) is 0 Å². The third kappa shape index (κ3) is 3.85. The second-order valence-corrected chi connectivity index (χ2v) is 8.12. The van der Waals surface area contributed by atoms with Gasteiger partial charge in [-0.3, -0.25) is 9.69 Å². The summed E-state index contributed by atoms with van der Waals surface area (Å²) in [7, 11) is 1.65. The van der Waals surface area contributed by atoms with Crippen molar-refractivity contribution in [3.8, 4) is 0 Å². The second-order valence-electron chi connectivity index (χ2n) is 8.12. The van der Waals surface area contributed by atoms with Crippen LogP contribution in [0, 0.1) is 17.3 Å². The zero-order valence-corrected chi connectivity index (χ0v) is 16.0. The van der Waals surface area contributed by atoms with Gasteiger partial charge in [-0.2, -0.15) is 0 Å². The number of nitrogens with zero attached hydrogens (tertiary/aromatic N) is 2. The van der Waals surface area contributed by atoms with Crippen molar-refractivity contribution in [1.82, 2.24) is 20.4 Å². The molecule has 1 unspecified atom stereocenters. The fraction of sp³-hybridized carbons (Fsp3) is 0.600. The van der Waals surface area contributed by atoms with Gasteiger partial charge in [0.1, 0.15) is 0 Å². The number of carbonyl (C=O) groups excluding carboxylic acids is 2. The van der Waals surface area contributed by atoms with Crippen LogP contribution in [0.2, 0.25) is 0 Å². The molecular weight excluding hydrogens is 328 g/mol. The van der Waals surface area contributed by atoms with Crippen LogP contribution in [-0.2, 0) is 11.3 Å². The van der Waals surface area contributed by atoms with Gasteiger partial charge in [0.15, 0.2) is 0 Å². The molecule has 142 valence electrons. The summed E-state index contributed by atoms with van der Waals surface area (Å²) < 4.78 is 0. The quantitative estimate of drug-likeness (QED) is 0.839. The number of carbonyl (C=O) groups is 2. The van der Waals surface area contributed by atoms with E-state index in [0.717, 1.165) is 19.6 Å². The molecule has 0 aliphatic carbocycles. The fourth-order valence-corrected chi connectivity index (χ4v) is 4.16. The molecule has 2 aliphatic heterocycles. The number of hydrogen-bond donors (Lipinski definition) is 2. The van der Waals surface area contributed by atoms with Crippen molar-refractivity contribution in [2.75, 3.05) is 39.8 Å². The second kappa shape index (κ2) is 7.66. The molecule has 2 aliphatic rings. The lowest BCUT2D eigenvalue weighted by molar-refractivity contribution is -0.131. The van der Waals surface area contributed by atoms with Crippen LogP contribution in [0.15, 0.2) is 30.3 Å². The minimum absolute atomic E-state index is 0.0570. The summed E-state index contributed by atoms with van der Waals surface area (Å²) in [4.78, 5) is 28.9. The zero-order chi connectivity index (χ0) is 18.7. The summed E-state index contributed by atoms with van der Waals surface area (Å²) in [5, 5.41) is 5.79. The SMILES string of the molecule is CNC(=O)N1CC2(CN(Cc3ccccc3)CC2C(=O)NCC(C)C)C1. The van der Waals surface area contributed by atoms with E-state index in [1.54, 1.807) is 11.9 Å². The van der Waals surface area contributed by atoms with Gasteiger partial charge in [-0.1, -0.05) is 44.2 Å². The van der Waals surface area contributed by atoms with Gasteiger partial charge in [0, 0.05) is 51.7 Å². The first-order valence-electron chi connectivity index (χ1n) is 9.44. The number of benzene rings is 1. The molecule has 3 rings (SSSR count). The smallest absolute Gasteiger partial charge is 0.317 e. The maximum absolute atomic E-state index is 12.8. The average Bonchev–Trinajstić information content (AvgIpc) is 2.98. The summed E-state index contributed by atoms with van der Waals surface area (Å²) in [6.07, 6.45) is 0. The van der Waals surface area contributed by atoms with E-state index >= 15 is 0 Å². The van der Waals surface area contributed by atoms with E-state index in [1.165, 1.54) is 5.56 Å². The number of likely N-dealkylation sites (tertiary alicyclic amines) is 2. The van der Waals surface area contributed by atoms with Crippen LogP contribution in [0.1, 0.15) is 19.4 Å². The Bertz CT molecular complexity index is 640. The normalized spacial score (nSPS) is 21.7. The minimum Gasteiger partial charge on any atom is -0.356 e. The Hall–Kier alpha value is -2.08. The maximum atomic E-state index is 12.8. The highest BCUT2D eigenvalue weighted by Crippen LogP contribution is 2.44. The van der Waals surface area contributed by atoms with E-state index in [9.17, 15) is 9.59 Å². The molecule has 1 atom stereocenters. The molecule has 0 bridgehead atoms. The lowest BCUT2D eigenvalue weighted by Gasteiger charge is -2.50. The average molecular weight is 358 g/mol. The Morgan fingerprint density at radius 1 is 1.19 bits per heavy atom. The Morgan fingerprint density at radius 3 is 2.50 bits per heavy atom.